The van der Waals surface area contributed by atoms with E-state index in [0.717, 1.165) is 11.1 Å². The molecule has 0 spiro atoms. The maximum absolute atomic E-state index is 15.7. The third-order valence-corrected chi connectivity index (χ3v) is 6.08. The highest BCUT2D eigenvalue weighted by atomic mass is 35.5. The van der Waals surface area contributed by atoms with Gasteiger partial charge in [0.25, 0.3) is 0 Å². The van der Waals surface area contributed by atoms with Gasteiger partial charge in [0.2, 0.25) is 5.91 Å². The second-order valence-electron chi connectivity index (χ2n) is 9.07. The number of alkyl halides is 3. The predicted molar refractivity (Wildman–Crippen MR) is 148 cm³/mol. The summed E-state index contributed by atoms with van der Waals surface area (Å²) in [5, 5.41) is 10.9. The van der Waals surface area contributed by atoms with Crippen LogP contribution in [0.5, 0.6) is 5.75 Å². The Hall–Kier alpha value is -3.67. The van der Waals surface area contributed by atoms with E-state index in [9.17, 15) is 18.0 Å². The maximum atomic E-state index is 15.7. The lowest BCUT2D eigenvalue weighted by atomic mass is 9.88. The molecule has 41 heavy (non-hydrogen) atoms. The summed E-state index contributed by atoms with van der Waals surface area (Å²) < 4.78 is 57.9. The van der Waals surface area contributed by atoms with Crippen LogP contribution in [-0.4, -0.2) is 56.1 Å². The highest BCUT2D eigenvalue weighted by Gasteiger charge is 2.38. The molecule has 4 N–H and O–H groups in total. The number of primary amides is 1. The summed E-state index contributed by atoms with van der Waals surface area (Å²) in [5.74, 6) is -4.21. The van der Waals surface area contributed by atoms with Gasteiger partial charge >= 0.3 is 12.1 Å². The van der Waals surface area contributed by atoms with Gasteiger partial charge in [0.15, 0.2) is 11.6 Å². The first-order valence-electron chi connectivity index (χ1n) is 12.4. The van der Waals surface area contributed by atoms with Gasteiger partial charge in [0.05, 0.1) is 12.2 Å². The molecule has 3 aromatic carbocycles. The summed E-state index contributed by atoms with van der Waals surface area (Å²) in [6.07, 6.45) is -5.08. The number of nitrogens with two attached hydrogens (primary N) is 1. The molecule has 0 aliphatic rings. The van der Waals surface area contributed by atoms with Gasteiger partial charge in [-0.2, -0.15) is 13.2 Å². The summed E-state index contributed by atoms with van der Waals surface area (Å²) in [6, 6.07) is 18.7. The molecule has 0 saturated carbocycles. The smallest absolute Gasteiger partial charge is 0.488 e. The zero-order chi connectivity index (χ0) is 30.7. The van der Waals surface area contributed by atoms with Gasteiger partial charge in [-0.05, 0) is 35.4 Å². The molecular formula is C29H31ClF4N2O5. The van der Waals surface area contributed by atoms with E-state index in [0.29, 0.717) is 23.7 Å². The molecule has 0 radical (unpaired) electrons. The lowest BCUT2D eigenvalue weighted by Gasteiger charge is -2.22. The van der Waals surface area contributed by atoms with Crippen molar-refractivity contribution in [1.82, 2.24) is 5.32 Å². The molecule has 1 amide bonds. The number of carbonyl (C=O) groups is 2. The van der Waals surface area contributed by atoms with Crippen LogP contribution in [0.2, 0.25) is 5.02 Å². The molecule has 1 atom stereocenters. The molecule has 1 unspecified atom stereocenters. The molecule has 7 nitrogen and oxygen atoms in total. The van der Waals surface area contributed by atoms with Crippen LogP contribution >= 0.6 is 11.6 Å². The van der Waals surface area contributed by atoms with E-state index in [2.05, 4.69) is 31.3 Å². The quantitative estimate of drug-likeness (QED) is 0.184. The van der Waals surface area contributed by atoms with Crippen LogP contribution in [0.1, 0.15) is 41.3 Å². The van der Waals surface area contributed by atoms with Crippen LogP contribution in [0.3, 0.4) is 0 Å². The minimum atomic E-state index is -5.08. The maximum Gasteiger partial charge on any atom is 0.490 e. The number of rotatable bonds is 11. The van der Waals surface area contributed by atoms with E-state index >= 15 is 4.39 Å². The molecule has 3 rings (SSSR count). The Bertz CT molecular complexity index is 1320. The number of nitrogens with one attached hydrogen (secondary N) is 1. The zero-order valence-corrected chi connectivity index (χ0v) is 23.4. The lowest BCUT2D eigenvalue weighted by molar-refractivity contribution is -0.192. The van der Waals surface area contributed by atoms with Crippen molar-refractivity contribution in [3.05, 3.63) is 88.2 Å². The minimum Gasteiger partial charge on any atom is -0.488 e. The van der Waals surface area contributed by atoms with Crippen LogP contribution in [0.15, 0.2) is 60.7 Å². The molecule has 12 heteroatoms. The second-order valence-corrected chi connectivity index (χ2v) is 9.48. The summed E-state index contributed by atoms with van der Waals surface area (Å²) in [7, 11) is 1.53. The van der Waals surface area contributed by atoms with E-state index in [1.54, 1.807) is 6.07 Å². The number of carbonyl (C=O) groups excluding carboxylic acids is 1. The molecule has 222 valence electrons. The molecule has 0 aliphatic heterocycles. The molecule has 0 aliphatic carbocycles. The summed E-state index contributed by atoms with van der Waals surface area (Å²) in [5.41, 5.74) is 8.07. The third kappa shape index (κ3) is 9.73. The van der Waals surface area contributed by atoms with Crippen molar-refractivity contribution >= 4 is 23.5 Å². The zero-order valence-electron chi connectivity index (χ0n) is 22.6. The Morgan fingerprint density at radius 2 is 1.66 bits per heavy atom. The van der Waals surface area contributed by atoms with E-state index in [1.165, 1.54) is 19.2 Å². The largest absolute Gasteiger partial charge is 0.490 e. The normalized spacial score (nSPS) is 11.9. The minimum absolute atomic E-state index is 0.000367. The van der Waals surface area contributed by atoms with Crippen LogP contribution in [-0.2, 0) is 9.53 Å². The standard InChI is InChI=1S/C27H30ClFN2O3.C2HF3O2/c1-17(2)31-16-22(18-7-5-4-6-8-18)19-9-11-23(28)21(15-19)25-20(27(30)32)10-12-24(26(25)29)34-14-13-33-3;3-2(4,5)1(6)7/h4-12,15,17,22,31H,13-14,16H2,1-3H3,(H2,30,32);(H,6,7). The van der Waals surface area contributed by atoms with E-state index in [1.807, 2.05) is 30.3 Å². The molecule has 0 heterocycles. The number of carboxylic acid groups (broad SMARTS) is 1. The van der Waals surface area contributed by atoms with Crippen molar-refractivity contribution in [2.45, 2.75) is 32.0 Å². The number of amides is 1. The molecule has 0 fully saturated rings. The topological polar surface area (TPSA) is 111 Å². The van der Waals surface area contributed by atoms with E-state index in [4.69, 9.17) is 36.7 Å². The number of halogens is 5. The Morgan fingerprint density at radius 3 is 2.20 bits per heavy atom. The average Bonchev–Trinajstić information content (AvgIpc) is 2.91. The number of hydrogen-bond donors (Lipinski definition) is 3. The van der Waals surface area contributed by atoms with Gasteiger partial charge < -0.3 is 25.6 Å². The monoisotopic (exact) mass is 598 g/mol. The molecule has 0 saturated heterocycles. The van der Waals surface area contributed by atoms with Crippen molar-refractivity contribution in [2.75, 3.05) is 26.9 Å². The number of methoxy groups -OCH3 is 1. The first-order valence-corrected chi connectivity index (χ1v) is 12.8. The Labute approximate surface area is 240 Å². The summed E-state index contributed by atoms with van der Waals surface area (Å²) >= 11 is 6.54. The first kappa shape index (κ1) is 33.5. The Kier molecular flexibility index (Phi) is 12.6. The van der Waals surface area contributed by atoms with Gasteiger partial charge in [-0.15, -0.1) is 0 Å². The van der Waals surface area contributed by atoms with Crippen LogP contribution in [0.25, 0.3) is 11.1 Å². The molecule has 0 bridgehead atoms. The Balaban J connectivity index is 0.000000745. The van der Waals surface area contributed by atoms with E-state index < -0.39 is 23.9 Å². The van der Waals surface area contributed by atoms with Gasteiger partial charge in [-0.3, -0.25) is 4.79 Å². The van der Waals surface area contributed by atoms with Gasteiger partial charge in [-0.1, -0.05) is 61.8 Å². The number of aliphatic carboxylic acids is 1. The Morgan fingerprint density at radius 1 is 1.02 bits per heavy atom. The highest BCUT2D eigenvalue weighted by Crippen LogP contribution is 2.39. The molecular weight excluding hydrogens is 568 g/mol. The number of hydrogen-bond acceptors (Lipinski definition) is 5. The number of carboxylic acids is 1. The SMILES string of the molecule is COCCOc1ccc(C(N)=O)c(-c2cc(C(CNC(C)C)c3ccccc3)ccc2Cl)c1F.O=C(O)C(F)(F)F. The van der Waals surface area contributed by atoms with Crippen LogP contribution in [0, 0.1) is 5.82 Å². The fourth-order valence-corrected chi connectivity index (χ4v) is 4.00. The van der Waals surface area contributed by atoms with Crippen molar-refractivity contribution in [1.29, 1.82) is 0 Å². The average molecular weight is 599 g/mol. The lowest BCUT2D eigenvalue weighted by Crippen LogP contribution is -2.28. The van der Waals surface area contributed by atoms with Crippen molar-refractivity contribution in [2.24, 2.45) is 5.73 Å². The van der Waals surface area contributed by atoms with Gasteiger partial charge in [0.1, 0.15) is 6.61 Å². The van der Waals surface area contributed by atoms with Gasteiger partial charge in [-0.25, -0.2) is 9.18 Å². The van der Waals surface area contributed by atoms with Gasteiger partial charge in [0, 0.05) is 41.8 Å². The van der Waals surface area contributed by atoms with E-state index in [-0.39, 0.29) is 35.4 Å². The number of ether oxygens (including phenoxy) is 2. The van der Waals surface area contributed by atoms with Crippen LogP contribution in [0.4, 0.5) is 17.6 Å². The molecule has 3 aromatic rings. The molecule has 0 aromatic heterocycles. The van der Waals surface area contributed by atoms with Crippen molar-refractivity contribution in [3.8, 4) is 16.9 Å². The first-order chi connectivity index (χ1) is 19.3. The third-order valence-electron chi connectivity index (χ3n) is 5.75. The number of benzene rings is 3. The fourth-order valence-electron chi connectivity index (χ4n) is 3.79. The highest BCUT2D eigenvalue weighted by molar-refractivity contribution is 6.33. The summed E-state index contributed by atoms with van der Waals surface area (Å²) in [4.78, 5) is 21.1. The van der Waals surface area contributed by atoms with Crippen LogP contribution < -0.4 is 15.8 Å². The predicted octanol–water partition coefficient (Wildman–Crippen LogP) is 6.03. The fraction of sp³-hybridized carbons (Fsp3) is 0.310. The van der Waals surface area contributed by atoms with Crippen molar-refractivity contribution in [3.63, 3.8) is 0 Å². The van der Waals surface area contributed by atoms with Crippen molar-refractivity contribution < 1.29 is 41.7 Å². The summed E-state index contributed by atoms with van der Waals surface area (Å²) in [6.45, 7) is 5.30. The second kappa shape index (κ2) is 15.4.